The van der Waals surface area contributed by atoms with Crippen LogP contribution in [-0.4, -0.2) is 41.9 Å². The topological polar surface area (TPSA) is 87.7 Å². The molecule has 0 aromatic carbocycles. The van der Waals surface area contributed by atoms with E-state index >= 15 is 0 Å². The van der Waals surface area contributed by atoms with Crippen molar-refractivity contribution in [2.24, 2.45) is 0 Å². The van der Waals surface area contributed by atoms with Crippen LogP contribution in [0.3, 0.4) is 0 Å². The molecular formula is C13H24N2O4. The number of amides is 2. The maximum atomic E-state index is 11.7. The quantitative estimate of drug-likeness (QED) is 0.683. The monoisotopic (exact) mass is 272 g/mol. The highest BCUT2D eigenvalue weighted by atomic mass is 16.5. The lowest BCUT2D eigenvalue weighted by molar-refractivity contribution is -0.144. The number of hydrogen-bond acceptors (Lipinski definition) is 3. The van der Waals surface area contributed by atoms with Crippen LogP contribution < -0.4 is 10.6 Å². The van der Waals surface area contributed by atoms with E-state index in [-0.39, 0.29) is 6.10 Å². The van der Waals surface area contributed by atoms with E-state index in [1.165, 1.54) is 6.92 Å². The molecule has 19 heavy (non-hydrogen) atoms. The fourth-order valence-corrected chi connectivity index (χ4v) is 2.19. The zero-order valence-corrected chi connectivity index (χ0v) is 11.7. The van der Waals surface area contributed by atoms with Gasteiger partial charge in [-0.15, -0.1) is 0 Å². The Morgan fingerprint density at radius 3 is 2.68 bits per heavy atom. The fraction of sp³-hybridized carbons (Fsp3) is 0.846. The first-order valence-electron chi connectivity index (χ1n) is 6.89. The van der Waals surface area contributed by atoms with Gasteiger partial charge in [-0.1, -0.05) is 13.3 Å². The van der Waals surface area contributed by atoms with E-state index < -0.39 is 17.5 Å². The highest BCUT2D eigenvalue weighted by Crippen LogP contribution is 2.13. The number of carboxylic acid groups (broad SMARTS) is 1. The molecular weight excluding hydrogens is 248 g/mol. The van der Waals surface area contributed by atoms with Crippen LogP contribution in [-0.2, 0) is 9.53 Å². The molecule has 1 aliphatic heterocycles. The maximum absolute atomic E-state index is 11.7. The molecule has 2 unspecified atom stereocenters. The van der Waals surface area contributed by atoms with Gasteiger partial charge in [-0.05, 0) is 32.6 Å². The third kappa shape index (κ3) is 5.06. The minimum absolute atomic E-state index is 0.0433. The van der Waals surface area contributed by atoms with Gasteiger partial charge >= 0.3 is 12.0 Å². The summed E-state index contributed by atoms with van der Waals surface area (Å²) in [6.07, 6.45) is 4.24. The molecule has 2 amide bonds. The number of nitrogens with one attached hydrogen (secondary N) is 2. The fourth-order valence-electron chi connectivity index (χ4n) is 2.19. The lowest BCUT2D eigenvalue weighted by Crippen LogP contribution is -2.56. The van der Waals surface area contributed by atoms with Crippen molar-refractivity contribution in [3.05, 3.63) is 0 Å². The van der Waals surface area contributed by atoms with Crippen molar-refractivity contribution in [3.63, 3.8) is 0 Å². The number of aliphatic carboxylic acids is 1. The van der Waals surface area contributed by atoms with Crippen LogP contribution in [0.15, 0.2) is 0 Å². The minimum atomic E-state index is -1.22. The number of urea groups is 1. The molecule has 0 bridgehead atoms. The van der Waals surface area contributed by atoms with Crippen LogP contribution in [0.2, 0.25) is 0 Å². The molecule has 2 atom stereocenters. The van der Waals surface area contributed by atoms with Crippen molar-refractivity contribution in [3.8, 4) is 0 Å². The number of carbonyl (C=O) groups excluding carboxylic acids is 1. The molecule has 1 heterocycles. The molecule has 0 radical (unpaired) electrons. The average Bonchev–Trinajstić information content (AvgIpc) is 2.37. The number of carboxylic acids is 1. The lowest BCUT2D eigenvalue weighted by atomic mass is 9.97. The predicted octanol–water partition coefficient (Wildman–Crippen LogP) is 1.50. The third-order valence-corrected chi connectivity index (χ3v) is 3.38. The van der Waals surface area contributed by atoms with E-state index in [0.29, 0.717) is 19.4 Å². The van der Waals surface area contributed by atoms with Crippen molar-refractivity contribution in [2.45, 2.75) is 57.6 Å². The second-order valence-electron chi connectivity index (χ2n) is 5.21. The van der Waals surface area contributed by atoms with Crippen molar-refractivity contribution < 1.29 is 19.4 Å². The number of carbonyl (C=O) groups is 2. The largest absolute Gasteiger partial charge is 0.480 e. The van der Waals surface area contributed by atoms with E-state index in [1.54, 1.807) is 0 Å². The van der Waals surface area contributed by atoms with Gasteiger partial charge in [0.2, 0.25) is 0 Å². The molecule has 1 fully saturated rings. The molecule has 3 N–H and O–H groups in total. The van der Waals surface area contributed by atoms with Crippen LogP contribution in [0.1, 0.15) is 46.0 Å². The average molecular weight is 272 g/mol. The molecule has 0 aromatic rings. The summed E-state index contributed by atoms with van der Waals surface area (Å²) in [4.78, 5) is 22.9. The summed E-state index contributed by atoms with van der Waals surface area (Å²) in [6, 6.07) is -0.451. The second-order valence-corrected chi connectivity index (χ2v) is 5.21. The van der Waals surface area contributed by atoms with Crippen LogP contribution in [0.25, 0.3) is 0 Å². The summed E-state index contributed by atoms with van der Waals surface area (Å²) in [5, 5.41) is 14.4. The summed E-state index contributed by atoms with van der Waals surface area (Å²) < 4.78 is 5.49. The summed E-state index contributed by atoms with van der Waals surface area (Å²) in [5.74, 6) is -1.02. The smallest absolute Gasteiger partial charge is 0.329 e. The Labute approximate surface area is 113 Å². The van der Waals surface area contributed by atoms with Gasteiger partial charge in [0, 0.05) is 13.2 Å². The van der Waals surface area contributed by atoms with Crippen molar-refractivity contribution >= 4 is 12.0 Å². The number of ether oxygens (including phenoxy) is 1. The predicted molar refractivity (Wildman–Crippen MR) is 71.1 cm³/mol. The van der Waals surface area contributed by atoms with Gasteiger partial charge in [0.1, 0.15) is 5.54 Å². The van der Waals surface area contributed by atoms with Crippen LogP contribution in [0, 0.1) is 0 Å². The second kappa shape index (κ2) is 7.33. The molecule has 1 aliphatic rings. The van der Waals surface area contributed by atoms with E-state index in [1.807, 2.05) is 6.92 Å². The van der Waals surface area contributed by atoms with Gasteiger partial charge in [-0.2, -0.15) is 0 Å². The minimum Gasteiger partial charge on any atom is -0.480 e. The first-order valence-corrected chi connectivity index (χ1v) is 6.89. The standard InChI is InChI=1S/C13H24N2O4/c1-3-7-13(2,11(16)17)15-12(18)14-9-10-6-4-5-8-19-10/h10H,3-9H2,1-2H3,(H,16,17)(H2,14,15,18). The Morgan fingerprint density at radius 1 is 1.42 bits per heavy atom. The molecule has 1 rings (SSSR count). The number of rotatable bonds is 6. The van der Waals surface area contributed by atoms with Gasteiger partial charge in [0.25, 0.3) is 0 Å². The van der Waals surface area contributed by atoms with Gasteiger partial charge in [0.15, 0.2) is 0 Å². The number of hydrogen-bond donors (Lipinski definition) is 3. The van der Waals surface area contributed by atoms with Crippen LogP contribution in [0.4, 0.5) is 4.79 Å². The molecule has 0 aliphatic carbocycles. The molecule has 6 nitrogen and oxygen atoms in total. The Bertz CT molecular complexity index is 316. The first kappa shape index (κ1) is 15.8. The van der Waals surface area contributed by atoms with Crippen molar-refractivity contribution in [1.82, 2.24) is 10.6 Å². The molecule has 0 aromatic heterocycles. The third-order valence-electron chi connectivity index (χ3n) is 3.38. The molecule has 0 saturated carbocycles. The zero-order chi connectivity index (χ0) is 14.3. The van der Waals surface area contributed by atoms with Gasteiger partial charge in [-0.25, -0.2) is 9.59 Å². The molecule has 6 heteroatoms. The SMILES string of the molecule is CCCC(C)(NC(=O)NCC1CCCCO1)C(=O)O. The summed E-state index contributed by atoms with van der Waals surface area (Å²) in [5.41, 5.74) is -1.22. The Balaban J connectivity index is 2.37. The molecule has 110 valence electrons. The van der Waals surface area contributed by atoms with Crippen molar-refractivity contribution in [1.29, 1.82) is 0 Å². The van der Waals surface area contributed by atoms with Gasteiger partial charge < -0.3 is 20.5 Å². The Morgan fingerprint density at radius 2 is 2.16 bits per heavy atom. The van der Waals surface area contributed by atoms with Gasteiger partial charge in [-0.3, -0.25) is 0 Å². The van der Waals surface area contributed by atoms with Crippen LogP contribution >= 0.6 is 0 Å². The summed E-state index contributed by atoms with van der Waals surface area (Å²) in [6.45, 7) is 4.57. The van der Waals surface area contributed by atoms with E-state index in [2.05, 4.69) is 10.6 Å². The van der Waals surface area contributed by atoms with Crippen molar-refractivity contribution in [2.75, 3.05) is 13.2 Å². The normalized spacial score (nSPS) is 22.3. The zero-order valence-electron chi connectivity index (χ0n) is 11.7. The lowest BCUT2D eigenvalue weighted by Gasteiger charge is -2.27. The first-order chi connectivity index (χ1) is 8.98. The maximum Gasteiger partial charge on any atom is 0.329 e. The highest BCUT2D eigenvalue weighted by Gasteiger charge is 2.33. The molecule has 0 spiro atoms. The molecule has 1 saturated heterocycles. The summed E-state index contributed by atoms with van der Waals surface area (Å²) in [7, 11) is 0. The Kier molecular flexibility index (Phi) is 6.08. The van der Waals surface area contributed by atoms with Crippen LogP contribution in [0.5, 0.6) is 0 Å². The van der Waals surface area contributed by atoms with E-state index in [4.69, 9.17) is 9.84 Å². The highest BCUT2D eigenvalue weighted by molar-refractivity contribution is 5.85. The van der Waals surface area contributed by atoms with E-state index in [9.17, 15) is 9.59 Å². The van der Waals surface area contributed by atoms with E-state index in [0.717, 1.165) is 25.9 Å². The summed E-state index contributed by atoms with van der Waals surface area (Å²) >= 11 is 0. The Hall–Kier alpha value is -1.30. The van der Waals surface area contributed by atoms with Gasteiger partial charge in [0.05, 0.1) is 6.10 Å².